The molecule has 1 saturated heterocycles. The van der Waals surface area contributed by atoms with E-state index in [-0.39, 0.29) is 5.92 Å². The van der Waals surface area contributed by atoms with E-state index in [1.165, 1.54) is 18.4 Å². The SMILES string of the molecule is OC[C@H]1O[C@@H](C2C=CC(Cl)=C(Cc3ccc(CCOC4CC4)cc3)C2)[C@H](O)[C@@H](O)[C@@H]1O. The van der Waals surface area contributed by atoms with E-state index in [9.17, 15) is 20.4 Å². The van der Waals surface area contributed by atoms with Gasteiger partial charge in [0, 0.05) is 11.0 Å². The van der Waals surface area contributed by atoms with Crippen molar-refractivity contribution in [3.63, 3.8) is 0 Å². The molecule has 0 radical (unpaired) electrons. The van der Waals surface area contributed by atoms with Crippen molar-refractivity contribution in [3.8, 4) is 0 Å². The average molecular weight is 451 g/mol. The van der Waals surface area contributed by atoms with Gasteiger partial charge in [-0.25, -0.2) is 0 Å². The Morgan fingerprint density at radius 2 is 1.71 bits per heavy atom. The number of allylic oxidation sites excluding steroid dienone is 3. The highest BCUT2D eigenvalue weighted by Gasteiger charge is 2.46. The van der Waals surface area contributed by atoms with Gasteiger partial charge in [-0.1, -0.05) is 41.9 Å². The van der Waals surface area contributed by atoms with Crippen molar-refractivity contribution in [1.82, 2.24) is 0 Å². The van der Waals surface area contributed by atoms with Gasteiger partial charge < -0.3 is 29.9 Å². The topological polar surface area (TPSA) is 99.4 Å². The number of hydrogen-bond acceptors (Lipinski definition) is 6. The summed E-state index contributed by atoms with van der Waals surface area (Å²) in [6, 6.07) is 8.44. The molecule has 6 atom stereocenters. The molecule has 1 aliphatic heterocycles. The molecule has 4 N–H and O–H groups in total. The third-order valence-electron chi connectivity index (χ3n) is 6.37. The molecule has 1 unspecified atom stereocenters. The molecule has 0 amide bonds. The van der Waals surface area contributed by atoms with E-state index in [0.29, 0.717) is 24.0 Å². The molecule has 4 rings (SSSR count). The van der Waals surface area contributed by atoms with Crippen LogP contribution in [0.25, 0.3) is 0 Å². The second-order valence-electron chi connectivity index (χ2n) is 8.79. The summed E-state index contributed by atoms with van der Waals surface area (Å²) in [7, 11) is 0. The molecule has 170 valence electrons. The van der Waals surface area contributed by atoms with Gasteiger partial charge in [-0.05, 0) is 54.9 Å². The maximum atomic E-state index is 10.4. The summed E-state index contributed by atoms with van der Waals surface area (Å²) in [6.07, 6.45) is 3.05. The van der Waals surface area contributed by atoms with Crippen LogP contribution < -0.4 is 0 Å². The maximum Gasteiger partial charge on any atom is 0.111 e. The molecular formula is C24H31ClO6. The predicted molar refractivity (Wildman–Crippen MR) is 117 cm³/mol. The monoisotopic (exact) mass is 450 g/mol. The Morgan fingerprint density at radius 1 is 1.00 bits per heavy atom. The fourth-order valence-electron chi connectivity index (χ4n) is 4.29. The number of aliphatic hydroxyl groups is 4. The quantitative estimate of drug-likeness (QED) is 0.482. The molecule has 0 spiro atoms. The van der Waals surface area contributed by atoms with Gasteiger partial charge in [-0.3, -0.25) is 0 Å². The molecule has 6 nitrogen and oxygen atoms in total. The van der Waals surface area contributed by atoms with E-state index in [2.05, 4.69) is 24.3 Å². The van der Waals surface area contributed by atoms with Crippen LogP contribution in [0.2, 0.25) is 0 Å². The Labute approximate surface area is 187 Å². The molecule has 0 bridgehead atoms. The highest BCUT2D eigenvalue weighted by Crippen LogP contribution is 2.35. The van der Waals surface area contributed by atoms with Gasteiger partial charge in [-0.2, -0.15) is 0 Å². The molecule has 2 fully saturated rings. The molecule has 1 heterocycles. The first kappa shape index (κ1) is 22.9. The van der Waals surface area contributed by atoms with Gasteiger partial charge in [0.25, 0.3) is 0 Å². The van der Waals surface area contributed by atoms with Crippen LogP contribution in [0.1, 0.15) is 30.4 Å². The summed E-state index contributed by atoms with van der Waals surface area (Å²) in [6.45, 7) is 0.325. The highest BCUT2D eigenvalue weighted by molar-refractivity contribution is 6.31. The Balaban J connectivity index is 1.37. The molecule has 1 aromatic carbocycles. The molecule has 1 saturated carbocycles. The van der Waals surface area contributed by atoms with Gasteiger partial charge in [0.2, 0.25) is 0 Å². The third kappa shape index (κ3) is 5.57. The smallest absolute Gasteiger partial charge is 0.111 e. The lowest BCUT2D eigenvalue weighted by molar-refractivity contribution is -0.237. The van der Waals surface area contributed by atoms with Gasteiger partial charge in [0.05, 0.1) is 25.4 Å². The minimum atomic E-state index is -1.37. The first-order chi connectivity index (χ1) is 15.0. The van der Waals surface area contributed by atoms with Crippen LogP contribution in [0, 0.1) is 5.92 Å². The summed E-state index contributed by atoms with van der Waals surface area (Å²) < 4.78 is 11.5. The number of hydrogen-bond donors (Lipinski definition) is 4. The fourth-order valence-corrected chi connectivity index (χ4v) is 4.51. The number of halogens is 1. The van der Waals surface area contributed by atoms with Crippen molar-refractivity contribution in [2.75, 3.05) is 13.2 Å². The minimum Gasteiger partial charge on any atom is -0.394 e. The second-order valence-corrected chi connectivity index (χ2v) is 9.19. The van der Waals surface area contributed by atoms with Crippen LogP contribution in [0.15, 0.2) is 47.0 Å². The summed E-state index contributed by atoms with van der Waals surface area (Å²) in [5.74, 6) is -0.220. The normalized spacial score (nSPS) is 33.7. The van der Waals surface area contributed by atoms with Crippen LogP contribution in [0.5, 0.6) is 0 Å². The Bertz CT molecular complexity index is 801. The number of benzene rings is 1. The lowest BCUT2D eigenvalue weighted by Gasteiger charge is -2.43. The van der Waals surface area contributed by atoms with Crippen LogP contribution >= 0.6 is 11.6 Å². The Hall–Kier alpha value is -1.25. The van der Waals surface area contributed by atoms with E-state index in [0.717, 1.165) is 24.2 Å². The molecule has 2 aliphatic carbocycles. The second kappa shape index (κ2) is 10.1. The lowest BCUT2D eigenvalue weighted by Crippen LogP contribution is -2.60. The maximum absolute atomic E-state index is 10.4. The van der Waals surface area contributed by atoms with E-state index >= 15 is 0 Å². The molecule has 7 heteroatoms. The minimum absolute atomic E-state index is 0.220. The first-order valence-corrected chi connectivity index (χ1v) is 11.4. The summed E-state index contributed by atoms with van der Waals surface area (Å²) >= 11 is 6.46. The van der Waals surface area contributed by atoms with Gasteiger partial charge >= 0.3 is 0 Å². The zero-order valence-electron chi connectivity index (χ0n) is 17.4. The van der Waals surface area contributed by atoms with Gasteiger partial charge in [0.1, 0.15) is 24.4 Å². The van der Waals surface area contributed by atoms with Crippen molar-refractivity contribution in [2.24, 2.45) is 5.92 Å². The molecule has 31 heavy (non-hydrogen) atoms. The van der Waals surface area contributed by atoms with Crippen LogP contribution in [0.3, 0.4) is 0 Å². The van der Waals surface area contributed by atoms with Crippen molar-refractivity contribution in [1.29, 1.82) is 0 Å². The van der Waals surface area contributed by atoms with Crippen LogP contribution in [-0.2, 0) is 22.3 Å². The van der Waals surface area contributed by atoms with E-state index in [1.807, 2.05) is 6.08 Å². The Kier molecular flexibility index (Phi) is 7.49. The zero-order valence-corrected chi connectivity index (χ0v) is 18.2. The van der Waals surface area contributed by atoms with E-state index in [1.54, 1.807) is 6.08 Å². The van der Waals surface area contributed by atoms with Crippen molar-refractivity contribution >= 4 is 11.6 Å². The van der Waals surface area contributed by atoms with Crippen molar-refractivity contribution < 1.29 is 29.9 Å². The fraction of sp³-hybridized carbons (Fsp3) is 0.583. The van der Waals surface area contributed by atoms with Crippen LogP contribution in [-0.4, -0.2) is 70.3 Å². The summed E-state index contributed by atoms with van der Waals surface area (Å²) in [4.78, 5) is 0. The third-order valence-corrected chi connectivity index (χ3v) is 6.76. The molecule has 0 aromatic heterocycles. The van der Waals surface area contributed by atoms with Crippen molar-refractivity contribution in [3.05, 3.63) is 58.1 Å². The van der Waals surface area contributed by atoms with E-state index in [4.69, 9.17) is 21.1 Å². The first-order valence-electron chi connectivity index (χ1n) is 11.0. The number of rotatable bonds is 8. The number of ether oxygens (including phenoxy) is 2. The van der Waals surface area contributed by atoms with Gasteiger partial charge in [0.15, 0.2) is 0 Å². The largest absolute Gasteiger partial charge is 0.394 e. The molecule has 1 aromatic rings. The van der Waals surface area contributed by atoms with Gasteiger partial charge in [-0.15, -0.1) is 0 Å². The predicted octanol–water partition coefficient (Wildman–Crippen LogP) is 1.86. The number of aliphatic hydroxyl groups excluding tert-OH is 4. The Morgan fingerprint density at radius 3 is 2.39 bits per heavy atom. The lowest BCUT2D eigenvalue weighted by atomic mass is 9.81. The summed E-state index contributed by atoms with van der Waals surface area (Å²) in [5.41, 5.74) is 3.41. The highest BCUT2D eigenvalue weighted by atomic mass is 35.5. The molecule has 3 aliphatic rings. The molecular weight excluding hydrogens is 420 g/mol. The van der Waals surface area contributed by atoms with Crippen LogP contribution in [0.4, 0.5) is 0 Å². The zero-order chi connectivity index (χ0) is 22.0. The van der Waals surface area contributed by atoms with Crippen molar-refractivity contribution in [2.45, 2.75) is 68.7 Å². The van der Waals surface area contributed by atoms with E-state index < -0.39 is 37.1 Å². The summed E-state index contributed by atoms with van der Waals surface area (Å²) in [5, 5.41) is 40.7. The standard InChI is InChI=1S/C24H31ClO6/c25-19-8-5-16(24-23(29)22(28)21(27)20(13-26)31-24)12-17(19)11-15-3-1-14(2-4-15)9-10-30-18-6-7-18/h1-5,8,16,18,20-24,26-29H,6-7,9-13H2/t16?,20-,21-,22+,23-,24+/m1/s1. The average Bonchev–Trinajstić information content (AvgIpc) is 3.60.